The van der Waals surface area contributed by atoms with Gasteiger partial charge in [0.1, 0.15) is 0 Å². The Labute approximate surface area is 151 Å². The van der Waals surface area contributed by atoms with Crippen molar-refractivity contribution in [3.8, 4) is 0 Å². The number of benzene rings is 2. The minimum Gasteiger partial charge on any atom is -0.459 e. The number of hydrogen-bond donors (Lipinski definition) is 3. The van der Waals surface area contributed by atoms with Crippen LogP contribution in [-0.4, -0.2) is 11.9 Å². The highest BCUT2D eigenvalue weighted by molar-refractivity contribution is 6.02. The first-order valence-electron chi connectivity index (χ1n) is 8.20. The first kappa shape index (κ1) is 17.3. The molecule has 0 fully saturated rings. The van der Waals surface area contributed by atoms with Gasteiger partial charge in [0, 0.05) is 18.8 Å². The zero-order valence-electron chi connectivity index (χ0n) is 14.1. The van der Waals surface area contributed by atoms with Gasteiger partial charge in [-0.2, -0.15) is 0 Å². The number of amides is 3. The van der Waals surface area contributed by atoms with Crippen molar-refractivity contribution in [1.29, 1.82) is 0 Å². The van der Waals surface area contributed by atoms with Gasteiger partial charge < -0.3 is 20.4 Å². The van der Waals surface area contributed by atoms with Crippen molar-refractivity contribution < 1.29 is 14.0 Å². The molecule has 0 aliphatic heterocycles. The maximum absolute atomic E-state index is 11.9. The molecule has 3 aromatic rings. The summed E-state index contributed by atoms with van der Waals surface area (Å²) in [4.78, 5) is 23.7. The van der Waals surface area contributed by atoms with Gasteiger partial charge in [-0.05, 0) is 35.4 Å². The third-order valence-electron chi connectivity index (χ3n) is 3.71. The summed E-state index contributed by atoms with van der Waals surface area (Å²) in [6.45, 7) is 0.872. The molecule has 3 rings (SSSR count). The van der Waals surface area contributed by atoms with Crippen LogP contribution in [-0.2, 0) is 13.1 Å². The van der Waals surface area contributed by atoms with Gasteiger partial charge in [-0.3, -0.25) is 4.79 Å². The number of urea groups is 1. The lowest BCUT2D eigenvalue weighted by Gasteiger charge is -2.09. The van der Waals surface area contributed by atoms with Crippen LogP contribution in [0.4, 0.5) is 10.5 Å². The minimum absolute atomic E-state index is 0.232. The number of carbonyl (C=O) groups is 2. The zero-order valence-corrected chi connectivity index (χ0v) is 14.1. The third-order valence-corrected chi connectivity index (χ3v) is 3.71. The molecule has 1 heterocycles. The SMILES string of the molecule is O=C(NCc1ccccc1)NCc1ccc(NC(=O)c2ccco2)cc1. The highest BCUT2D eigenvalue weighted by Crippen LogP contribution is 2.11. The molecule has 0 spiro atoms. The second kappa shape index (κ2) is 8.53. The molecule has 3 N–H and O–H groups in total. The Bertz CT molecular complexity index is 844. The summed E-state index contributed by atoms with van der Waals surface area (Å²) >= 11 is 0. The molecule has 0 aliphatic carbocycles. The molecular weight excluding hydrogens is 330 g/mol. The van der Waals surface area contributed by atoms with E-state index in [-0.39, 0.29) is 17.7 Å². The Morgan fingerprint density at radius 2 is 1.42 bits per heavy atom. The number of rotatable bonds is 6. The van der Waals surface area contributed by atoms with Gasteiger partial charge in [0.2, 0.25) is 0 Å². The summed E-state index contributed by atoms with van der Waals surface area (Å²) < 4.78 is 5.04. The van der Waals surface area contributed by atoms with Crippen molar-refractivity contribution >= 4 is 17.6 Å². The molecule has 3 amide bonds. The van der Waals surface area contributed by atoms with Gasteiger partial charge in [0.15, 0.2) is 5.76 Å². The molecule has 2 aromatic carbocycles. The number of carbonyl (C=O) groups excluding carboxylic acids is 2. The van der Waals surface area contributed by atoms with Crippen molar-refractivity contribution in [3.63, 3.8) is 0 Å². The molecule has 0 atom stereocenters. The standard InChI is InChI=1S/C20H19N3O3/c24-19(18-7-4-12-26-18)23-17-10-8-16(9-11-17)14-22-20(25)21-13-15-5-2-1-3-6-15/h1-12H,13-14H2,(H,23,24)(H2,21,22,25). The van der Waals surface area contributed by atoms with E-state index in [2.05, 4.69) is 16.0 Å². The lowest BCUT2D eigenvalue weighted by Crippen LogP contribution is -2.34. The van der Waals surface area contributed by atoms with E-state index in [1.54, 1.807) is 24.3 Å². The molecule has 0 radical (unpaired) electrons. The fourth-order valence-electron chi connectivity index (χ4n) is 2.33. The number of nitrogens with one attached hydrogen (secondary N) is 3. The van der Waals surface area contributed by atoms with Crippen LogP contribution < -0.4 is 16.0 Å². The predicted octanol–water partition coefficient (Wildman–Crippen LogP) is 3.53. The van der Waals surface area contributed by atoms with E-state index in [4.69, 9.17) is 4.42 Å². The number of hydrogen-bond acceptors (Lipinski definition) is 3. The van der Waals surface area contributed by atoms with Crippen molar-refractivity contribution in [2.45, 2.75) is 13.1 Å². The Kier molecular flexibility index (Phi) is 5.67. The monoisotopic (exact) mass is 349 g/mol. The highest BCUT2D eigenvalue weighted by atomic mass is 16.3. The third kappa shape index (κ3) is 4.98. The van der Waals surface area contributed by atoms with Crippen molar-refractivity contribution in [3.05, 3.63) is 89.9 Å². The van der Waals surface area contributed by atoms with Crippen LogP contribution in [0, 0.1) is 0 Å². The second-order valence-electron chi connectivity index (χ2n) is 5.65. The van der Waals surface area contributed by atoms with Gasteiger partial charge in [-0.25, -0.2) is 4.79 Å². The Hall–Kier alpha value is -3.54. The summed E-state index contributed by atoms with van der Waals surface area (Å²) in [6, 6.07) is 20.0. The van der Waals surface area contributed by atoms with Crippen LogP contribution in [0.5, 0.6) is 0 Å². The molecule has 6 nitrogen and oxygen atoms in total. The van der Waals surface area contributed by atoms with E-state index < -0.39 is 0 Å². The summed E-state index contributed by atoms with van der Waals surface area (Å²) in [5.41, 5.74) is 2.62. The molecule has 6 heteroatoms. The average Bonchev–Trinajstić information content (AvgIpc) is 3.22. The van der Waals surface area contributed by atoms with Gasteiger partial charge in [0.25, 0.3) is 5.91 Å². The molecular formula is C20H19N3O3. The van der Waals surface area contributed by atoms with E-state index in [0.29, 0.717) is 18.8 Å². The molecule has 0 aliphatic rings. The van der Waals surface area contributed by atoms with E-state index >= 15 is 0 Å². The normalized spacial score (nSPS) is 10.2. The Balaban J connectivity index is 1.44. The first-order chi connectivity index (χ1) is 12.7. The fraction of sp³-hybridized carbons (Fsp3) is 0.100. The quantitative estimate of drug-likeness (QED) is 0.636. The van der Waals surface area contributed by atoms with Gasteiger partial charge in [0.05, 0.1) is 6.26 Å². The zero-order chi connectivity index (χ0) is 18.2. The van der Waals surface area contributed by atoms with Crippen LogP contribution in [0.3, 0.4) is 0 Å². The van der Waals surface area contributed by atoms with Crippen molar-refractivity contribution in [2.24, 2.45) is 0 Å². The van der Waals surface area contributed by atoms with Gasteiger partial charge in [-0.15, -0.1) is 0 Å². The largest absolute Gasteiger partial charge is 0.459 e. The van der Waals surface area contributed by atoms with Crippen LogP contribution in [0.15, 0.2) is 77.4 Å². The summed E-state index contributed by atoms with van der Waals surface area (Å²) in [6.07, 6.45) is 1.45. The molecule has 0 saturated heterocycles. The van der Waals surface area contributed by atoms with Gasteiger partial charge >= 0.3 is 6.03 Å². The van der Waals surface area contributed by atoms with Crippen LogP contribution in [0.1, 0.15) is 21.7 Å². The second-order valence-corrected chi connectivity index (χ2v) is 5.65. The Morgan fingerprint density at radius 1 is 0.769 bits per heavy atom. The predicted molar refractivity (Wildman–Crippen MR) is 98.6 cm³/mol. The number of furan rings is 1. The van der Waals surface area contributed by atoms with Crippen LogP contribution in [0.25, 0.3) is 0 Å². The lowest BCUT2D eigenvalue weighted by atomic mass is 10.2. The molecule has 26 heavy (non-hydrogen) atoms. The van der Waals surface area contributed by atoms with Crippen molar-refractivity contribution in [1.82, 2.24) is 10.6 Å². The summed E-state index contributed by atoms with van der Waals surface area (Å²) in [5.74, 6) is -0.0491. The van der Waals surface area contributed by atoms with E-state index in [1.165, 1.54) is 6.26 Å². The lowest BCUT2D eigenvalue weighted by molar-refractivity contribution is 0.0996. The molecule has 0 saturated carbocycles. The van der Waals surface area contributed by atoms with Crippen LogP contribution >= 0.6 is 0 Å². The summed E-state index contributed by atoms with van der Waals surface area (Å²) in [7, 11) is 0. The fourth-order valence-corrected chi connectivity index (χ4v) is 2.33. The smallest absolute Gasteiger partial charge is 0.315 e. The van der Waals surface area contributed by atoms with Crippen molar-refractivity contribution in [2.75, 3.05) is 5.32 Å². The minimum atomic E-state index is -0.304. The van der Waals surface area contributed by atoms with Gasteiger partial charge in [-0.1, -0.05) is 42.5 Å². The molecule has 132 valence electrons. The molecule has 0 unspecified atom stereocenters. The topological polar surface area (TPSA) is 83.4 Å². The highest BCUT2D eigenvalue weighted by Gasteiger charge is 2.08. The summed E-state index contributed by atoms with van der Waals surface area (Å²) in [5, 5.41) is 8.35. The maximum atomic E-state index is 11.9. The average molecular weight is 349 g/mol. The molecule has 0 bridgehead atoms. The maximum Gasteiger partial charge on any atom is 0.315 e. The molecule has 1 aromatic heterocycles. The van der Waals surface area contributed by atoms with E-state index in [9.17, 15) is 9.59 Å². The van der Waals surface area contributed by atoms with Crippen LogP contribution in [0.2, 0.25) is 0 Å². The van der Waals surface area contributed by atoms with E-state index in [1.807, 2.05) is 42.5 Å². The Morgan fingerprint density at radius 3 is 2.04 bits per heavy atom. The first-order valence-corrected chi connectivity index (χ1v) is 8.20. The number of anilines is 1. The van der Waals surface area contributed by atoms with E-state index in [0.717, 1.165) is 11.1 Å².